The van der Waals surface area contributed by atoms with Crippen molar-refractivity contribution < 1.29 is 12.8 Å². The molecule has 2 heterocycles. The number of sulfonamides is 1. The largest absolute Gasteiger partial charge is 0.421 e. The predicted octanol–water partition coefficient (Wildman–Crippen LogP) is 3.20. The highest BCUT2D eigenvalue weighted by molar-refractivity contribution is 7.89. The van der Waals surface area contributed by atoms with Gasteiger partial charge in [-0.2, -0.15) is 4.31 Å². The molecule has 0 amide bonds. The van der Waals surface area contributed by atoms with Gasteiger partial charge in [0.15, 0.2) is 0 Å². The van der Waals surface area contributed by atoms with Crippen LogP contribution in [0, 0.1) is 20.8 Å². The van der Waals surface area contributed by atoms with Gasteiger partial charge >= 0.3 is 0 Å². The molecule has 0 saturated heterocycles. The van der Waals surface area contributed by atoms with Crippen molar-refractivity contribution in [1.29, 1.82) is 0 Å². The van der Waals surface area contributed by atoms with Crippen molar-refractivity contribution in [1.82, 2.24) is 19.5 Å². The van der Waals surface area contributed by atoms with Gasteiger partial charge in [0.05, 0.1) is 5.56 Å². The SMILES string of the molecule is CCN(Cc1ccccc1)S(=O)(=O)c1c(C)[nH]c(C)c1-c1nnc(C)o1. The molecule has 0 radical (unpaired) electrons. The average molecular weight is 374 g/mol. The number of hydrogen-bond donors (Lipinski definition) is 1. The van der Waals surface area contributed by atoms with E-state index in [4.69, 9.17) is 4.42 Å². The summed E-state index contributed by atoms with van der Waals surface area (Å²) < 4.78 is 33.8. The van der Waals surface area contributed by atoms with Crippen LogP contribution in [0.2, 0.25) is 0 Å². The van der Waals surface area contributed by atoms with E-state index in [9.17, 15) is 8.42 Å². The predicted molar refractivity (Wildman–Crippen MR) is 98.0 cm³/mol. The Hall–Kier alpha value is -2.45. The number of aromatic amines is 1. The molecule has 138 valence electrons. The number of hydrogen-bond acceptors (Lipinski definition) is 5. The van der Waals surface area contributed by atoms with Gasteiger partial charge in [0.2, 0.25) is 15.9 Å². The lowest BCUT2D eigenvalue weighted by atomic mass is 10.2. The summed E-state index contributed by atoms with van der Waals surface area (Å²) in [7, 11) is -3.75. The molecule has 1 N–H and O–H groups in total. The molecule has 0 saturated carbocycles. The van der Waals surface area contributed by atoms with E-state index in [2.05, 4.69) is 15.2 Å². The summed E-state index contributed by atoms with van der Waals surface area (Å²) in [5.74, 6) is 0.594. The van der Waals surface area contributed by atoms with Crippen molar-refractivity contribution in [3.05, 3.63) is 53.2 Å². The summed E-state index contributed by atoms with van der Waals surface area (Å²) in [5.41, 5.74) is 2.60. The fourth-order valence-electron chi connectivity index (χ4n) is 3.02. The van der Waals surface area contributed by atoms with Crippen LogP contribution in [-0.4, -0.2) is 34.4 Å². The van der Waals surface area contributed by atoms with Gasteiger partial charge in [0, 0.05) is 31.4 Å². The van der Waals surface area contributed by atoms with Crippen LogP contribution in [-0.2, 0) is 16.6 Å². The van der Waals surface area contributed by atoms with Gasteiger partial charge in [0.1, 0.15) is 4.90 Å². The van der Waals surface area contributed by atoms with Crippen LogP contribution in [0.1, 0.15) is 29.8 Å². The Kier molecular flexibility index (Phi) is 4.97. The third kappa shape index (κ3) is 3.30. The van der Waals surface area contributed by atoms with Crippen molar-refractivity contribution in [3.63, 3.8) is 0 Å². The monoisotopic (exact) mass is 374 g/mol. The molecule has 0 aliphatic rings. The Labute approximate surface area is 153 Å². The molecule has 0 bridgehead atoms. The molecular formula is C18H22N4O3S. The minimum atomic E-state index is -3.75. The van der Waals surface area contributed by atoms with Crippen LogP contribution in [0.3, 0.4) is 0 Å². The first-order valence-corrected chi connectivity index (χ1v) is 9.82. The third-order valence-electron chi connectivity index (χ3n) is 4.21. The van der Waals surface area contributed by atoms with Gasteiger partial charge in [-0.3, -0.25) is 0 Å². The van der Waals surface area contributed by atoms with Crippen LogP contribution in [0.25, 0.3) is 11.5 Å². The minimum absolute atomic E-state index is 0.191. The van der Waals surface area contributed by atoms with Gasteiger partial charge in [0.25, 0.3) is 5.89 Å². The van der Waals surface area contributed by atoms with Crippen LogP contribution < -0.4 is 0 Å². The van der Waals surface area contributed by atoms with Crippen molar-refractivity contribution in [2.75, 3.05) is 6.54 Å². The lowest BCUT2D eigenvalue weighted by Crippen LogP contribution is -2.31. The molecule has 1 aromatic carbocycles. The number of aromatic nitrogens is 3. The highest BCUT2D eigenvalue weighted by Crippen LogP contribution is 2.34. The van der Waals surface area contributed by atoms with Crippen molar-refractivity contribution in [2.24, 2.45) is 0 Å². The van der Waals surface area contributed by atoms with E-state index >= 15 is 0 Å². The molecule has 8 heteroatoms. The first-order valence-electron chi connectivity index (χ1n) is 8.38. The van der Waals surface area contributed by atoms with Crippen LogP contribution in [0.15, 0.2) is 39.6 Å². The first-order chi connectivity index (χ1) is 12.3. The van der Waals surface area contributed by atoms with Gasteiger partial charge < -0.3 is 9.40 Å². The number of aryl methyl sites for hydroxylation is 3. The lowest BCUT2D eigenvalue weighted by molar-refractivity contribution is 0.423. The summed E-state index contributed by atoms with van der Waals surface area (Å²) in [6.07, 6.45) is 0. The maximum atomic E-state index is 13.4. The summed E-state index contributed by atoms with van der Waals surface area (Å²) in [5, 5.41) is 7.84. The van der Waals surface area contributed by atoms with Gasteiger partial charge in [-0.1, -0.05) is 37.3 Å². The van der Waals surface area contributed by atoms with Crippen LogP contribution in [0.5, 0.6) is 0 Å². The zero-order chi connectivity index (χ0) is 18.9. The molecule has 0 spiro atoms. The molecule has 2 aromatic heterocycles. The van der Waals surface area contributed by atoms with Crippen LogP contribution in [0.4, 0.5) is 0 Å². The number of rotatable bonds is 6. The fourth-order valence-corrected chi connectivity index (χ4v) is 4.87. The normalized spacial score (nSPS) is 12.0. The summed E-state index contributed by atoms with van der Waals surface area (Å²) in [4.78, 5) is 3.29. The Morgan fingerprint density at radius 3 is 2.35 bits per heavy atom. The second-order valence-corrected chi connectivity index (χ2v) is 8.00. The van der Waals surface area contributed by atoms with Crippen LogP contribution >= 0.6 is 0 Å². The van der Waals surface area contributed by atoms with Crippen molar-refractivity contribution in [2.45, 2.75) is 39.1 Å². The Morgan fingerprint density at radius 1 is 1.08 bits per heavy atom. The van der Waals surface area contributed by atoms with Crippen molar-refractivity contribution >= 4 is 10.0 Å². The maximum Gasteiger partial charge on any atom is 0.250 e. The molecule has 0 fully saturated rings. The summed E-state index contributed by atoms with van der Waals surface area (Å²) in [6.45, 7) is 7.69. The van der Waals surface area contributed by atoms with Gasteiger partial charge in [-0.15, -0.1) is 10.2 Å². The lowest BCUT2D eigenvalue weighted by Gasteiger charge is -2.21. The number of benzene rings is 1. The fraction of sp³-hybridized carbons (Fsp3) is 0.333. The molecule has 3 rings (SSSR count). The quantitative estimate of drug-likeness (QED) is 0.715. The Balaban J connectivity index is 2.09. The smallest absolute Gasteiger partial charge is 0.250 e. The average Bonchev–Trinajstić information content (AvgIpc) is 3.15. The van der Waals surface area contributed by atoms with E-state index in [-0.39, 0.29) is 10.8 Å². The van der Waals surface area contributed by atoms with Gasteiger partial charge in [-0.05, 0) is 19.4 Å². The molecule has 0 aliphatic heterocycles. The zero-order valence-corrected chi connectivity index (χ0v) is 16.1. The second kappa shape index (κ2) is 7.05. The molecule has 0 atom stereocenters. The number of nitrogens with zero attached hydrogens (tertiary/aromatic N) is 3. The van der Waals surface area contributed by atoms with E-state index in [1.54, 1.807) is 20.8 Å². The zero-order valence-electron chi connectivity index (χ0n) is 15.3. The summed E-state index contributed by atoms with van der Waals surface area (Å²) in [6, 6.07) is 9.53. The molecular weight excluding hydrogens is 352 g/mol. The molecule has 26 heavy (non-hydrogen) atoms. The van der Waals surface area contributed by atoms with E-state index in [0.29, 0.717) is 35.9 Å². The maximum absolute atomic E-state index is 13.4. The standard InChI is InChI=1S/C18H22N4O3S/c1-5-22(11-15-9-7-6-8-10-15)26(23,24)17-13(3)19-12(2)16(17)18-21-20-14(4)25-18/h6-10,19H,5,11H2,1-4H3. The van der Waals surface area contributed by atoms with Crippen molar-refractivity contribution in [3.8, 4) is 11.5 Å². The topological polar surface area (TPSA) is 92.1 Å². The van der Waals surface area contributed by atoms with E-state index in [1.807, 2.05) is 37.3 Å². The Morgan fingerprint density at radius 2 is 1.77 bits per heavy atom. The van der Waals surface area contributed by atoms with Gasteiger partial charge in [-0.25, -0.2) is 8.42 Å². The van der Waals surface area contributed by atoms with E-state index in [0.717, 1.165) is 5.56 Å². The van der Waals surface area contributed by atoms with E-state index < -0.39 is 10.0 Å². The number of H-pyrrole nitrogens is 1. The highest BCUT2D eigenvalue weighted by Gasteiger charge is 2.33. The first kappa shape index (κ1) is 18.3. The third-order valence-corrected chi connectivity index (χ3v) is 6.30. The second-order valence-electron chi connectivity index (χ2n) is 6.12. The molecule has 7 nitrogen and oxygen atoms in total. The van der Waals surface area contributed by atoms with E-state index in [1.165, 1.54) is 4.31 Å². The highest BCUT2D eigenvalue weighted by atomic mass is 32.2. The minimum Gasteiger partial charge on any atom is -0.421 e. The Bertz CT molecular complexity index is 1010. The molecule has 0 aliphatic carbocycles. The number of nitrogens with one attached hydrogen (secondary N) is 1. The summed E-state index contributed by atoms with van der Waals surface area (Å²) >= 11 is 0. The molecule has 0 unspecified atom stereocenters. The molecule has 3 aromatic rings.